The molecular formula is C13H20N4S. The van der Waals surface area contributed by atoms with Crippen molar-refractivity contribution in [1.82, 2.24) is 19.3 Å². The van der Waals surface area contributed by atoms with E-state index in [4.69, 9.17) is 12.2 Å². The van der Waals surface area contributed by atoms with Gasteiger partial charge in [0.2, 0.25) is 0 Å². The third kappa shape index (κ3) is 1.90. The number of aromatic nitrogens is 4. The number of fused-ring (bicyclic) bond motifs is 1. The van der Waals surface area contributed by atoms with Gasteiger partial charge in [-0.25, -0.2) is 0 Å². The maximum atomic E-state index is 5.43. The number of aromatic amines is 1. The molecule has 4 nitrogen and oxygen atoms in total. The third-order valence-electron chi connectivity index (χ3n) is 4.16. The average Bonchev–Trinajstić information content (AvgIpc) is 2.98. The van der Waals surface area contributed by atoms with Gasteiger partial charge in [-0.15, -0.1) is 0 Å². The second-order valence-electron chi connectivity index (χ2n) is 5.43. The minimum absolute atomic E-state index is 0.832. The van der Waals surface area contributed by atoms with Gasteiger partial charge in [0.05, 0.1) is 5.69 Å². The zero-order valence-corrected chi connectivity index (χ0v) is 11.9. The Morgan fingerprint density at radius 3 is 2.83 bits per heavy atom. The summed E-state index contributed by atoms with van der Waals surface area (Å²) in [6, 6.07) is 0. The van der Waals surface area contributed by atoms with Crippen molar-refractivity contribution < 1.29 is 0 Å². The van der Waals surface area contributed by atoms with Gasteiger partial charge in [0, 0.05) is 13.6 Å². The summed E-state index contributed by atoms with van der Waals surface area (Å²) >= 11 is 5.43. The van der Waals surface area contributed by atoms with Crippen molar-refractivity contribution in [3.8, 4) is 0 Å². The van der Waals surface area contributed by atoms with Crippen molar-refractivity contribution in [2.24, 2.45) is 13.0 Å². The first-order valence-corrected chi connectivity index (χ1v) is 7.19. The van der Waals surface area contributed by atoms with Crippen LogP contribution in [0.4, 0.5) is 0 Å². The summed E-state index contributed by atoms with van der Waals surface area (Å²) in [6.45, 7) is 3.04. The average molecular weight is 264 g/mol. The predicted molar refractivity (Wildman–Crippen MR) is 75.2 cm³/mol. The fourth-order valence-electron chi connectivity index (χ4n) is 3.19. The molecule has 1 aliphatic rings. The quantitative estimate of drug-likeness (QED) is 0.864. The molecule has 98 valence electrons. The highest BCUT2D eigenvalue weighted by atomic mass is 32.1. The predicted octanol–water partition coefficient (Wildman–Crippen LogP) is 3.32. The highest BCUT2D eigenvalue weighted by molar-refractivity contribution is 7.71. The summed E-state index contributed by atoms with van der Waals surface area (Å²) in [7, 11) is 1.99. The molecule has 0 radical (unpaired) electrons. The van der Waals surface area contributed by atoms with E-state index >= 15 is 0 Å². The first kappa shape index (κ1) is 12.0. The Labute approximate surface area is 112 Å². The van der Waals surface area contributed by atoms with Crippen LogP contribution in [0.2, 0.25) is 0 Å². The highest BCUT2D eigenvalue weighted by Crippen LogP contribution is 2.28. The molecule has 18 heavy (non-hydrogen) atoms. The Kier molecular flexibility index (Phi) is 3.01. The van der Waals surface area contributed by atoms with Crippen molar-refractivity contribution in [2.75, 3.05) is 0 Å². The molecule has 2 heterocycles. The molecule has 0 atom stereocenters. The van der Waals surface area contributed by atoms with Crippen molar-refractivity contribution in [1.29, 1.82) is 0 Å². The molecule has 1 aliphatic carbocycles. The van der Waals surface area contributed by atoms with Gasteiger partial charge in [-0.2, -0.15) is 5.10 Å². The standard InChI is InChI=1S/C13H20N4S/c1-9-11-12(16(2)15-9)17(13(18)14-11)8-7-10-5-3-4-6-10/h10H,3-8H2,1-2H3,(H,14,18). The lowest BCUT2D eigenvalue weighted by atomic mass is 10.0. The minimum Gasteiger partial charge on any atom is -0.328 e. The molecule has 0 aliphatic heterocycles. The highest BCUT2D eigenvalue weighted by Gasteiger charge is 2.17. The number of rotatable bonds is 3. The first-order valence-electron chi connectivity index (χ1n) is 6.79. The number of nitrogens with one attached hydrogen (secondary N) is 1. The van der Waals surface area contributed by atoms with Crippen LogP contribution < -0.4 is 0 Å². The van der Waals surface area contributed by atoms with E-state index in [0.717, 1.165) is 34.1 Å². The van der Waals surface area contributed by atoms with E-state index in [1.165, 1.54) is 32.1 Å². The number of aryl methyl sites for hydroxylation is 3. The largest absolute Gasteiger partial charge is 0.328 e. The molecule has 0 bridgehead atoms. The molecule has 3 rings (SSSR count). The van der Waals surface area contributed by atoms with Gasteiger partial charge in [-0.3, -0.25) is 4.68 Å². The number of H-pyrrole nitrogens is 1. The van der Waals surface area contributed by atoms with E-state index in [2.05, 4.69) is 14.6 Å². The van der Waals surface area contributed by atoms with Gasteiger partial charge < -0.3 is 9.55 Å². The molecule has 0 unspecified atom stereocenters. The summed E-state index contributed by atoms with van der Waals surface area (Å²) in [5.41, 5.74) is 3.25. The molecule has 5 heteroatoms. The summed E-state index contributed by atoms with van der Waals surface area (Å²) in [6.07, 6.45) is 6.84. The Hall–Kier alpha value is -1.10. The van der Waals surface area contributed by atoms with Gasteiger partial charge >= 0.3 is 0 Å². The van der Waals surface area contributed by atoms with Crippen LogP contribution in [-0.2, 0) is 13.6 Å². The van der Waals surface area contributed by atoms with Crippen molar-refractivity contribution in [2.45, 2.75) is 45.6 Å². The molecule has 2 aromatic heterocycles. The van der Waals surface area contributed by atoms with E-state index in [9.17, 15) is 0 Å². The van der Waals surface area contributed by atoms with Crippen molar-refractivity contribution in [3.05, 3.63) is 10.5 Å². The van der Waals surface area contributed by atoms with E-state index in [1.54, 1.807) is 0 Å². The van der Waals surface area contributed by atoms with Crippen LogP contribution in [0.5, 0.6) is 0 Å². The summed E-state index contributed by atoms with van der Waals surface area (Å²) in [5.74, 6) is 0.895. The topological polar surface area (TPSA) is 38.5 Å². The lowest BCUT2D eigenvalue weighted by molar-refractivity contribution is 0.457. The molecule has 1 saturated carbocycles. The van der Waals surface area contributed by atoms with E-state index in [-0.39, 0.29) is 0 Å². The van der Waals surface area contributed by atoms with Gasteiger partial charge in [-0.1, -0.05) is 25.7 Å². The van der Waals surface area contributed by atoms with Crippen LogP contribution >= 0.6 is 12.2 Å². The fourth-order valence-corrected chi connectivity index (χ4v) is 3.47. The molecule has 1 N–H and O–H groups in total. The molecule has 1 fully saturated rings. The van der Waals surface area contributed by atoms with Crippen molar-refractivity contribution in [3.63, 3.8) is 0 Å². The fraction of sp³-hybridized carbons (Fsp3) is 0.692. The van der Waals surface area contributed by atoms with Crippen molar-refractivity contribution >= 4 is 23.4 Å². The normalized spacial score (nSPS) is 17.0. The maximum Gasteiger partial charge on any atom is 0.179 e. The number of hydrogen-bond donors (Lipinski definition) is 1. The summed E-state index contributed by atoms with van der Waals surface area (Å²) < 4.78 is 4.98. The Morgan fingerprint density at radius 2 is 2.11 bits per heavy atom. The van der Waals surface area contributed by atoms with E-state index < -0.39 is 0 Å². The molecule has 0 spiro atoms. The molecule has 0 aromatic carbocycles. The van der Waals surface area contributed by atoms with Gasteiger partial charge in [0.25, 0.3) is 0 Å². The molecule has 0 saturated heterocycles. The molecular weight excluding hydrogens is 244 g/mol. The second-order valence-corrected chi connectivity index (χ2v) is 5.82. The lowest BCUT2D eigenvalue weighted by Gasteiger charge is -2.10. The van der Waals surface area contributed by atoms with Gasteiger partial charge in [0.15, 0.2) is 10.4 Å². The van der Waals surface area contributed by atoms with Crippen LogP contribution in [0.25, 0.3) is 11.2 Å². The summed E-state index contributed by atoms with van der Waals surface area (Å²) in [5, 5.41) is 4.45. The van der Waals surface area contributed by atoms with Crippen LogP contribution in [0.15, 0.2) is 0 Å². The Balaban J connectivity index is 1.90. The number of imidazole rings is 1. The van der Waals surface area contributed by atoms with Crippen LogP contribution in [0, 0.1) is 17.6 Å². The SMILES string of the molecule is Cc1nn(C)c2c1[nH]c(=S)n2CCC1CCCC1. The smallest absolute Gasteiger partial charge is 0.179 e. The van der Waals surface area contributed by atoms with Crippen LogP contribution in [0.3, 0.4) is 0 Å². The third-order valence-corrected chi connectivity index (χ3v) is 4.48. The summed E-state index contributed by atoms with van der Waals surface area (Å²) in [4.78, 5) is 3.29. The zero-order chi connectivity index (χ0) is 12.7. The monoisotopic (exact) mass is 264 g/mol. The Morgan fingerprint density at radius 1 is 1.39 bits per heavy atom. The second kappa shape index (κ2) is 4.53. The minimum atomic E-state index is 0.832. The maximum absolute atomic E-state index is 5.43. The van der Waals surface area contributed by atoms with E-state index in [1.807, 2.05) is 18.7 Å². The Bertz CT molecular complexity index is 613. The first-order chi connectivity index (χ1) is 8.66. The van der Waals surface area contributed by atoms with Crippen LogP contribution in [0.1, 0.15) is 37.8 Å². The molecule has 0 amide bonds. The van der Waals surface area contributed by atoms with Crippen LogP contribution in [-0.4, -0.2) is 19.3 Å². The zero-order valence-electron chi connectivity index (χ0n) is 11.1. The van der Waals surface area contributed by atoms with Gasteiger partial charge in [0.1, 0.15) is 5.52 Å². The number of nitrogens with zero attached hydrogens (tertiary/aromatic N) is 3. The number of hydrogen-bond acceptors (Lipinski definition) is 2. The lowest BCUT2D eigenvalue weighted by Crippen LogP contribution is -2.06. The van der Waals surface area contributed by atoms with Gasteiger partial charge in [-0.05, 0) is 31.5 Å². The molecule has 2 aromatic rings. The van der Waals surface area contributed by atoms with E-state index in [0.29, 0.717) is 0 Å².